The third-order valence-corrected chi connectivity index (χ3v) is 26.0. The van der Waals surface area contributed by atoms with E-state index in [4.69, 9.17) is 21.9 Å². The Hall–Kier alpha value is -13.0. The van der Waals surface area contributed by atoms with Crippen LogP contribution in [0.25, 0.3) is 43.1 Å². The lowest BCUT2D eigenvalue weighted by Crippen LogP contribution is -2.49. The van der Waals surface area contributed by atoms with Crippen molar-refractivity contribution >= 4 is 90.6 Å². The fraction of sp³-hybridized carbons (Fsp3) is 0.363. The van der Waals surface area contributed by atoms with E-state index in [1.807, 2.05) is 85.8 Å². The number of ether oxygens (including phenoxy) is 1. The Balaban J connectivity index is 0.000000165. The molecule has 0 radical (unpaired) electrons. The summed E-state index contributed by atoms with van der Waals surface area (Å²) in [6.45, 7) is 26.3. The molecule has 12 aromatic carbocycles. The summed E-state index contributed by atoms with van der Waals surface area (Å²) in [5, 5.41) is 23.4. The number of amides is 4. The average Bonchev–Trinajstić information content (AvgIpc) is 0.961. The second-order valence-electron chi connectivity index (χ2n) is 35.2. The number of nitrogens with two attached hydrogens (primary N) is 3. The van der Waals surface area contributed by atoms with Crippen LogP contribution in [0, 0.1) is 23.3 Å². The molecule has 2 saturated heterocycles. The van der Waals surface area contributed by atoms with Gasteiger partial charge in [-0.15, -0.1) is 0 Å². The molecule has 2 fully saturated rings. The van der Waals surface area contributed by atoms with Crippen LogP contribution in [0.15, 0.2) is 263 Å². The smallest absolute Gasteiger partial charge is 0.258 e. The van der Waals surface area contributed by atoms with E-state index >= 15 is 0 Å². The van der Waals surface area contributed by atoms with Crippen molar-refractivity contribution in [2.75, 3.05) is 111 Å². The number of benzene rings is 12. The van der Waals surface area contributed by atoms with Gasteiger partial charge in [0.05, 0.1) is 19.3 Å². The summed E-state index contributed by atoms with van der Waals surface area (Å²) in [7, 11) is 0. The molecule has 726 valence electrons. The van der Waals surface area contributed by atoms with Crippen molar-refractivity contribution in [1.29, 1.82) is 0 Å². The number of nitrogens with zero attached hydrogens (tertiary/aromatic N) is 8. The number of carbonyl (C=O) groups is 4. The van der Waals surface area contributed by atoms with Crippen molar-refractivity contribution in [2.24, 2.45) is 37.2 Å². The number of fused-ring (bicyclic) bond motifs is 4. The monoisotopic (exact) mass is 1870 g/mol. The van der Waals surface area contributed by atoms with Gasteiger partial charge in [-0.3, -0.25) is 65.3 Å². The quantitative estimate of drug-likeness (QED) is 0.00779. The molecule has 12 aromatic rings. The normalized spacial score (nSPS) is 14.5. The number of morpholine rings is 1. The summed E-state index contributed by atoms with van der Waals surface area (Å²) in [5.41, 5.74) is 25.2. The van der Waals surface area contributed by atoms with Gasteiger partial charge in [0, 0.05) is 89.8 Å². The molecule has 25 heteroatoms. The third kappa shape index (κ3) is 31.2. The van der Waals surface area contributed by atoms with Crippen LogP contribution in [-0.2, 0) is 56.1 Å². The number of rotatable bonds is 37. The Kier molecular flexibility index (Phi) is 41.2. The lowest BCUT2D eigenvalue weighted by atomic mass is 9.95. The predicted molar refractivity (Wildman–Crippen MR) is 555 cm³/mol. The first-order chi connectivity index (χ1) is 67.2. The molecule has 0 saturated carbocycles. The maximum absolute atomic E-state index is 14.9. The number of halogens is 4. The van der Waals surface area contributed by atoms with Gasteiger partial charge in [-0.05, 0) is 289 Å². The molecule has 0 aliphatic carbocycles. The largest absolute Gasteiger partial charge is 0.379 e. The van der Waals surface area contributed by atoms with E-state index in [-0.39, 0.29) is 58.6 Å². The zero-order valence-corrected chi connectivity index (χ0v) is 80.7. The minimum atomic E-state index is -0.443. The lowest BCUT2D eigenvalue weighted by molar-refractivity contribution is 0.0377. The van der Waals surface area contributed by atoms with Crippen LogP contribution in [-0.4, -0.2) is 191 Å². The van der Waals surface area contributed by atoms with Crippen molar-refractivity contribution in [1.82, 2.24) is 46.2 Å². The molecule has 4 amide bonds. The molecule has 2 unspecified atom stereocenters. The van der Waals surface area contributed by atoms with E-state index in [0.29, 0.717) is 110 Å². The summed E-state index contributed by atoms with van der Waals surface area (Å²) in [6, 6.07) is 75.8. The van der Waals surface area contributed by atoms with Gasteiger partial charge >= 0.3 is 0 Å². The number of likely N-dealkylation sites (tertiary alicyclic amines) is 1. The number of carbonyl (C=O) groups excluding carboxylic acids is 4. The van der Waals surface area contributed by atoms with E-state index in [1.165, 1.54) is 37.1 Å². The minimum Gasteiger partial charge on any atom is -0.379 e. The molecule has 0 spiro atoms. The second-order valence-corrected chi connectivity index (χ2v) is 35.2. The van der Waals surface area contributed by atoms with Crippen LogP contribution in [0.3, 0.4) is 0 Å². The van der Waals surface area contributed by atoms with Crippen molar-refractivity contribution in [2.45, 2.75) is 156 Å². The lowest BCUT2D eigenvalue weighted by Gasteiger charge is -2.26. The van der Waals surface area contributed by atoms with E-state index in [1.54, 1.807) is 48.5 Å². The van der Waals surface area contributed by atoms with Crippen LogP contribution in [0.2, 0.25) is 0 Å². The van der Waals surface area contributed by atoms with Gasteiger partial charge < -0.3 is 42.0 Å². The van der Waals surface area contributed by atoms with Crippen LogP contribution in [0.5, 0.6) is 0 Å². The topological polar surface area (TPSA) is 278 Å². The molecule has 11 N–H and O–H groups in total. The Morgan fingerprint density at radius 3 is 1.13 bits per heavy atom. The second kappa shape index (κ2) is 54.8. The summed E-state index contributed by atoms with van der Waals surface area (Å²) in [5.74, 6) is -2.47. The molecule has 3 aliphatic rings. The standard InChI is InChI=1S/C30H37FN4O.C29H37FN4O.C27H31FN4O2.C27H31FN4O/c1-3-35(4-2)21-9-13-24-19-20-32-30(33-24)34-29(36)27-15-8-16-28(31)26(27)18-17-23-12-7-11-22-10-5-6-14-25(22)23;1-4-34(5-2)20-10-11-21(3)32-29(31)33-28(35)26-16-9-17-27(30)25(26)19-18-23-14-8-13-22-12-6-7-15-24(22)23;28-25-11-4-10-24(23(25)13-12-21-8-3-7-20-6-1-2-9-22(20)21)26(33)31-27(29)30-14-5-15-32-16-18-34-19-17-32;28-25-13-6-12-24(26(33)31-27(29)30-16-7-19-32-17-3-4-18-32)23(25)15-14-21-10-5-9-20-8-1-2-11-22(20)21/h5-8,10-12,14-16,24H,3-4,9,13,17-21H2,1-2H3,(H2,32,33,34,36);6-9,12-17,21H,4-5,10-11,18-20H2,1-3H3,(H3,31,32,33,35);1-4,6-11H,5,12-19H2,(H3,29,30,31,33);1-2,5-6,8-13H,3-4,7,14-19H2,(H3,29,30,31,33). The highest BCUT2D eigenvalue weighted by atomic mass is 19.1. The van der Waals surface area contributed by atoms with Crippen molar-refractivity contribution < 1.29 is 41.5 Å². The average molecular weight is 1870 g/mol. The first-order valence-corrected chi connectivity index (χ1v) is 49.2. The molecular weight excluding hydrogens is 1740 g/mol. The highest BCUT2D eigenvalue weighted by Gasteiger charge is 2.25. The van der Waals surface area contributed by atoms with Gasteiger partial charge in [-0.1, -0.05) is 222 Å². The molecule has 0 bridgehead atoms. The first-order valence-electron chi connectivity index (χ1n) is 49.2. The SMILES string of the molecule is CCN(CC)CCCC(C)N=C(N)NC(=O)c1cccc(F)c1CCc1cccc2ccccc12.CCN(CC)CCCC1CCN=C(NC(=O)c2cccc(F)c2CCc2cccc3ccccc23)N1.NC(=NCCCN1CCCC1)NC(=O)c1cccc(F)c1CCc1cccc2ccccc12.NC(=NCCCN1CCOCC1)NC(=O)c1cccc(F)c1CCc1cccc2ccccc12. The Morgan fingerprint density at radius 2 is 0.754 bits per heavy atom. The highest BCUT2D eigenvalue weighted by Crippen LogP contribution is 2.29. The number of aliphatic imine (C=N–C) groups is 4. The van der Waals surface area contributed by atoms with Gasteiger partial charge in [0.2, 0.25) is 0 Å². The van der Waals surface area contributed by atoms with E-state index < -0.39 is 29.4 Å². The zero-order chi connectivity index (χ0) is 97.3. The maximum atomic E-state index is 14.9. The molecule has 3 aliphatic heterocycles. The molecule has 2 atom stereocenters. The van der Waals surface area contributed by atoms with Gasteiger partial charge in [0.15, 0.2) is 23.8 Å². The van der Waals surface area contributed by atoms with Gasteiger partial charge in [0.1, 0.15) is 23.3 Å². The molecule has 138 heavy (non-hydrogen) atoms. The van der Waals surface area contributed by atoms with Crippen molar-refractivity contribution in [3.8, 4) is 0 Å². The molecular formula is C113H136F4N16O5. The maximum Gasteiger partial charge on any atom is 0.258 e. The summed E-state index contributed by atoms with van der Waals surface area (Å²) in [4.78, 5) is 78.8. The predicted octanol–water partition coefficient (Wildman–Crippen LogP) is 18.5. The Labute approximate surface area is 810 Å². The molecule has 3 heterocycles. The number of guanidine groups is 4. The van der Waals surface area contributed by atoms with Crippen LogP contribution < -0.4 is 43.8 Å². The first kappa shape index (κ1) is 104. The Morgan fingerprint density at radius 1 is 0.420 bits per heavy atom. The highest BCUT2D eigenvalue weighted by molar-refractivity contribution is 6.09. The van der Waals surface area contributed by atoms with Gasteiger partial charge in [0.25, 0.3) is 23.6 Å². The fourth-order valence-corrected chi connectivity index (χ4v) is 18.3. The summed E-state index contributed by atoms with van der Waals surface area (Å²) >= 11 is 0. The van der Waals surface area contributed by atoms with Crippen LogP contribution >= 0.6 is 0 Å². The summed E-state index contributed by atoms with van der Waals surface area (Å²) in [6.07, 6.45) is 13.4. The van der Waals surface area contributed by atoms with E-state index in [2.05, 4.69) is 185 Å². The van der Waals surface area contributed by atoms with Crippen LogP contribution in [0.4, 0.5) is 17.6 Å². The Bertz CT molecular complexity index is 6110. The number of aryl methyl sites for hydroxylation is 4. The van der Waals surface area contributed by atoms with E-state index in [9.17, 15) is 36.7 Å². The number of hydrogen-bond acceptors (Lipinski definition) is 14. The van der Waals surface area contributed by atoms with Gasteiger partial charge in [-0.25, -0.2) is 17.6 Å². The third-order valence-electron chi connectivity index (χ3n) is 26.0. The van der Waals surface area contributed by atoms with E-state index in [0.717, 1.165) is 202 Å². The number of hydrogen-bond donors (Lipinski definition) is 8. The molecule has 21 nitrogen and oxygen atoms in total. The minimum absolute atomic E-state index is 0.01000. The molecule has 15 rings (SSSR count). The number of nitrogens with one attached hydrogen (secondary N) is 5. The fourth-order valence-electron chi connectivity index (χ4n) is 18.3. The van der Waals surface area contributed by atoms with Crippen molar-refractivity contribution in [3.05, 3.63) is 333 Å². The molecule has 0 aromatic heterocycles. The zero-order valence-electron chi connectivity index (χ0n) is 80.7. The van der Waals surface area contributed by atoms with Gasteiger partial charge in [-0.2, -0.15) is 0 Å². The van der Waals surface area contributed by atoms with Crippen LogP contribution in [0.1, 0.15) is 178 Å². The van der Waals surface area contributed by atoms with Crippen molar-refractivity contribution in [3.63, 3.8) is 0 Å². The summed E-state index contributed by atoms with van der Waals surface area (Å²) < 4.78 is 64.5.